The number of hydrogen-bond acceptors (Lipinski definition) is 2. The van der Waals surface area contributed by atoms with E-state index >= 15 is 0 Å². The highest BCUT2D eigenvalue weighted by atomic mass is 31.0. The molecular formula is C20H24NO2PSi. The lowest BCUT2D eigenvalue weighted by Gasteiger charge is -2.19. The smallest absolute Gasteiger partial charge is 0.242 e. The fraction of sp³-hybridized carbons (Fsp3) is 0.250. The second-order valence-electron chi connectivity index (χ2n) is 6.96. The molecule has 1 heterocycles. The van der Waals surface area contributed by atoms with Crippen LogP contribution in [-0.2, 0) is 7.05 Å². The van der Waals surface area contributed by atoms with Crippen molar-refractivity contribution in [3.8, 4) is 33.5 Å². The van der Waals surface area contributed by atoms with Gasteiger partial charge in [-0.1, -0.05) is 30.3 Å². The van der Waals surface area contributed by atoms with Crippen LogP contribution in [0.5, 0.6) is 11.2 Å². The summed E-state index contributed by atoms with van der Waals surface area (Å²) in [5.74, 6) is 0.863. The van der Waals surface area contributed by atoms with Gasteiger partial charge in [-0.15, -0.1) is 0 Å². The van der Waals surface area contributed by atoms with Crippen LogP contribution in [0.2, 0.25) is 19.6 Å². The van der Waals surface area contributed by atoms with Crippen LogP contribution >= 0.6 is 8.19 Å². The van der Waals surface area contributed by atoms with Crippen LogP contribution in [0, 0.1) is 0 Å². The Morgan fingerprint density at radius 2 is 1.52 bits per heavy atom. The normalized spacial score (nSPS) is 11.7. The van der Waals surface area contributed by atoms with Crippen molar-refractivity contribution in [1.29, 1.82) is 0 Å². The Labute approximate surface area is 152 Å². The highest BCUT2D eigenvalue weighted by molar-refractivity contribution is 7.36. The van der Waals surface area contributed by atoms with Crippen molar-refractivity contribution in [3.63, 3.8) is 0 Å². The van der Waals surface area contributed by atoms with Gasteiger partial charge in [-0.05, 0) is 52.1 Å². The van der Waals surface area contributed by atoms with Gasteiger partial charge < -0.3 is 13.7 Å². The first-order valence-electron chi connectivity index (χ1n) is 8.34. The van der Waals surface area contributed by atoms with E-state index in [9.17, 15) is 0 Å². The minimum absolute atomic E-state index is 0.863. The van der Waals surface area contributed by atoms with E-state index in [1.165, 1.54) is 11.0 Å². The van der Waals surface area contributed by atoms with Crippen LogP contribution < -0.4 is 9.16 Å². The number of benzene rings is 2. The molecule has 3 nitrogen and oxygen atoms in total. The summed E-state index contributed by atoms with van der Waals surface area (Å²) in [5, 5.41) is 0. The predicted octanol–water partition coefficient (Wildman–Crippen LogP) is 6.16. The number of methoxy groups -OCH3 is 1. The first-order valence-corrected chi connectivity index (χ1v) is 12.6. The van der Waals surface area contributed by atoms with Gasteiger partial charge in [-0.25, -0.2) is 0 Å². The summed E-state index contributed by atoms with van der Waals surface area (Å²) in [6.45, 7) is 6.67. The zero-order valence-corrected chi connectivity index (χ0v) is 17.3. The third-order valence-corrected chi connectivity index (χ3v) is 6.13. The molecule has 1 aromatic heterocycles. The van der Waals surface area contributed by atoms with Gasteiger partial charge in [0.15, 0.2) is 5.48 Å². The summed E-state index contributed by atoms with van der Waals surface area (Å²) < 4.78 is 14.0. The number of rotatable bonds is 5. The molecule has 25 heavy (non-hydrogen) atoms. The summed E-state index contributed by atoms with van der Waals surface area (Å²) >= 11 is 0. The maximum absolute atomic E-state index is 6.46. The average molecular weight is 369 g/mol. The lowest BCUT2D eigenvalue weighted by Crippen LogP contribution is -2.29. The highest BCUT2D eigenvalue weighted by Crippen LogP contribution is 2.47. The molecule has 0 radical (unpaired) electrons. The Hall–Kier alpha value is -2.03. The van der Waals surface area contributed by atoms with Crippen molar-refractivity contribution in [2.75, 3.05) is 7.11 Å². The average Bonchev–Trinajstić information content (AvgIpc) is 2.90. The Balaban J connectivity index is 2.15. The van der Waals surface area contributed by atoms with Crippen LogP contribution in [-0.4, -0.2) is 20.0 Å². The molecule has 0 aliphatic rings. The molecule has 0 aliphatic carbocycles. The SMILES string of the molecule is COc1ccc(-c2c(O[Si](C)(C)C)pc(-c3ccccc3)n2C)cc1. The Morgan fingerprint density at radius 3 is 2.08 bits per heavy atom. The van der Waals surface area contributed by atoms with Crippen molar-refractivity contribution in [2.24, 2.45) is 7.05 Å². The maximum atomic E-state index is 6.46. The number of aromatic nitrogens is 1. The quantitative estimate of drug-likeness (QED) is 0.503. The van der Waals surface area contributed by atoms with Crippen molar-refractivity contribution in [1.82, 2.24) is 4.57 Å². The molecule has 3 aromatic rings. The standard InChI is InChI=1S/C20H24NO2PSi/c1-21-18(15-11-13-17(22-2)14-12-15)20(23-25(3,4)5)24-19(21)16-9-7-6-8-10-16/h6-14H,1-5H3. The summed E-state index contributed by atoms with van der Waals surface area (Å²) in [6, 6.07) is 18.7. The molecule has 2 aromatic carbocycles. The molecule has 0 fully saturated rings. The second kappa shape index (κ2) is 7.07. The van der Waals surface area contributed by atoms with E-state index in [2.05, 4.69) is 67.7 Å². The van der Waals surface area contributed by atoms with Gasteiger partial charge in [0.05, 0.1) is 18.2 Å². The fourth-order valence-electron chi connectivity index (χ4n) is 2.75. The van der Waals surface area contributed by atoms with Crippen molar-refractivity contribution in [3.05, 3.63) is 54.6 Å². The van der Waals surface area contributed by atoms with Gasteiger partial charge in [-0.2, -0.15) is 0 Å². The van der Waals surface area contributed by atoms with Crippen molar-refractivity contribution in [2.45, 2.75) is 19.6 Å². The van der Waals surface area contributed by atoms with E-state index in [0.29, 0.717) is 0 Å². The Bertz CT molecular complexity index is 852. The largest absolute Gasteiger partial charge is 0.540 e. The minimum atomic E-state index is -1.70. The van der Waals surface area contributed by atoms with Crippen LogP contribution in [0.3, 0.4) is 0 Å². The zero-order chi connectivity index (χ0) is 18.0. The molecule has 0 spiro atoms. The third kappa shape index (κ3) is 3.97. The minimum Gasteiger partial charge on any atom is -0.540 e. The van der Waals surface area contributed by atoms with Crippen LogP contribution in [0.25, 0.3) is 22.2 Å². The maximum Gasteiger partial charge on any atom is 0.242 e. The van der Waals surface area contributed by atoms with Crippen LogP contribution in [0.4, 0.5) is 0 Å². The molecule has 0 saturated carbocycles. The highest BCUT2D eigenvalue weighted by Gasteiger charge is 2.23. The van der Waals surface area contributed by atoms with Gasteiger partial charge in [0, 0.05) is 18.2 Å². The molecule has 3 rings (SSSR count). The van der Waals surface area contributed by atoms with Gasteiger partial charge in [0.2, 0.25) is 8.32 Å². The molecule has 0 saturated heterocycles. The van der Waals surface area contributed by atoms with Crippen molar-refractivity contribution < 1.29 is 9.16 Å². The third-order valence-electron chi connectivity index (χ3n) is 3.86. The summed E-state index contributed by atoms with van der Waals surface area (Å²) in [7, 11) is 3.23. The summed E-state index contributed by atoms with van der Waals surface area (Å²) in [5.41, 5.74) is 5.82. The topological polar surface area (TPSA) is 23.4 Å². The second-order valence-corrected chi connectivity index (χ2v) is 12.4. The van der Waals surface area contributed by atoms with Gasteiger partial charge >= 0.3 is 0 Å². The predicted molar refractivity (Wildman–Crippen MR) is 109 cm³/mol. The lowest BCUT2D eigenvalue weighted by atomic mass is 10.1. The van der Waals surface area contributed by atoms with E-state index in [1.807, 2.05) is 18.2 Å². The van der Waals surface area contributed by atoms with E-state index in [1.54, 1.807) is 7.11 Å². The molecular weight excluding hydrogens is 345 g/mol. The Kier molecular flexibility index (Phi) is 5.03. The molecule has 0 N–H and O–H groups in total. The monoisotopic (exact) mass is 369 g/mol. The van der Waals surface area contributed by atoms with Gasteiger partial charge in [0.1, 0.15) is 5.75 Å². The van der Waals surface area contributed by atoms with E-state index < -0.39 is 8.32 Å². The first kappa shape index (κ1) is 17.8. The van der Waals surface area contributed by atoms with Crippen LogP contribution in [0.15, 0.2) is 54.6 Å². The molecule has 0 amide bonds. The molecule has 0 bridgehead atoms. The van der Waals surface area contributed by atoms with E-state index in [-0.39, 0.29) is 0 Å². The summed E-state index contributed by atoms with van der Waals surface area (Å²) in [4.78, 5) is 0. The van der Waals surface area contributed by atoms with Crippen molar-refractivity contribution >= 4 is 16.5 Å². The summed E-state index contributed by atoms with van der Waals surface area (Å²) in [6.07, 6.45) is 0. The lowest BCUT2D eigenvalue weighted by molar-refractivity contribution is 0.415. The van der Waals surface area contributed by atoms with E-state index in [4.69, 9.17) is 9.16 Å². The zero-order valence-electron chi connectivity index (χ0n) is 15.4. The molecule has 5 heteroatoms. The number of hydrogen-bond donors (Lipinski definition) is 0. The molecule has 130 valence electrons. The van der Waals surface area contributed by atoms with Gasteiger partial charge in [0.25, 0.3) is 0 Å². The fourth-order valence-corrected chi connectivity index (χ4v) is 5.53. The molecule has 0 atom stereocenters. The van der Waals surface area contributed by atoms with Crippen LogP contribution in [0.1, 0.15) is 0 Å². The number of ether oxygens (including phenoxy) is 1. The molecule has 0 unspecified atom stereocenters. The molecule has 0 aliphatic heterocycles. The number of nitrogens with zero attached hydrogens (tertiary/aromatic N) is 1. The van der Waals surface area contributed by atoms with Gasteiger partial charge in [-0.3, -0.25) is 0 Å². The Morgan fingerprint density at radius 1 is 0.880 bits per heavy atom. The first-order chi connectivity index (χ1) is 11.9. The van der Waals surface area contributed by atoms with E-state index in [0.717, 1.165) is 30.7 Å².